The monoisotopic (exact) mass is 254 g/mol. The number of hydrogen-bond donors (Lipinski definition) is 3. The zero-order valence-electron chi connectivity index (χ0n) is 10.7. The Hall–Kier alpha value is -1.10. The Balaban J connectivity index is 1.76. The molecule has 0 spiro atoms. The highest BCUT2D eigenvalue weighted by atomic mass is 16.4. The molecule has 2 rings (SSSR count). The van der Waals surface area contributed by atoms with E-state index in [2.05, 4.69) is 10.6 Å². The van der Waals surface area contributed by atoms with E-state index in [1.807, 2.05) is 0 Å². The normalized spacial score (nSPS) is 29.1. The largest absolute Gasteiger partial charge is 0.481 e. The highest BCUT2D eigenvalue weighted by molar-refractivity contribution is 5.79. The number of hydrogen-bond acceptors (Lipinski definition) is 3. The van der Waals surface area contributed by atoms with Gasteiger partial charge >= 0.3 is 5.97 Å². The fraction of sp³-hybridized carbons (Fsp3) is 0.846. The zero-order chi connectivity index (χ0) is 13.0. The van der Waals surface area contributed by atoms with E-state index in [1.165, 1.54) is 0 Å². The van der Waals surface area contributed by atoms with Gasteiger partial charge in [-0.3, -0.25) is 9.59 Å². The summed E-state index contributed by atoms with van der Waals surface area (Å²) in [6.45, 7) is 2.33. The first-order chi connectivity index (χ1) is 8.68. The molecule has 0 aromatic rings. The minimum absolute atomic E-state index is 0.104. The van der Waals surface area contributed by atoms with Crippen LogP contribution in [0, 0.1) is 17.8 Å². The van der Waals surface area contributed by atoms with Gasteiger partial charge in [-0.15, -0.1) is 0 Å². The highest BCUT2D eigenvalue weighted by Gasteiger charge is 2.33. The molecule has 2 aliphatic rings. The van der Waals surface area contributed by atoms with Crippen molar-refractivity contribution in [3.63, 3.8) is 0 Å². The Kier molecular flexibility index (Phi) is 4.58. The molecule has 0 aromatic carbocycles. The van der Waals surface area contributed by atoms with E-state index in [0.717, 1.165) is 45.2 Å². The van der Waals surface area contributed by atoms with Crippen LogP contribution in [0.4, 0.5) is 0 Å². The predicted octanol–water partition coefficient (Wildman–Crippen LogP) is 0.603. The second-order valence-corrected chi connectivity index (χ2v) is 5.41. The van der Waals surface area contributed by atoms with Gasteiger partial charge in [0.1, 0.15) is 0 Å². The maximum atomic E-state index is 11.9. The van der Waals surface area contributed by atoms with E-state index in [0.29, 0.717) is 6.54 Å². The smallest absolute Gasteiger partial charge is 0.306 e. The summed E-state index contributed by atoms with van der Waals surface area (Å²) in [5, 5.41) is 15.3. The van der Waals surface area contributed by atoms with Crippen molar-refractivity contribution in [3.8, 4) is 0 Å². The van der Waals surface area contributed by atoms with Crippen LogP contribution in [0.15, 0.2) is 0 Å². The number of piperidine rings is 1. The second kappa shape index (κ2) is 6.18. The molecule has 2 atom stereocenters. The van der Waals surface area contributed by atoms with E-state index in [1.54, 1.807) is 0 Å². The standard InChI is InChI=1S/C13H22N2O3/c16-12(9-4-6-14-7-5-9)15-8-10-2-1-3-11(10)13(17)18/h9-11,14H,1-8H2,(H,15,16)(H,17,18). The number of carbonyl (C=O) groups excluding carboxylic acids is 1. The van der Waals surface area contributed by atoms with Gasteiger partial charge in [0, 0.05) is 12.5 Å². The molecule has 1 saturated heterocycles. The van der Waals surface area contributed by atoms with Crippen LogP contribution in [0.2, 0.25) is 0 Å². The summed E-state index contributed by atoms with van der Waals surface area (Å²) in [5.74, 6) is -0.649. The van der Waals surface area contributed by atoms with E-state index < -0.39 is 5.97 Å². The quantitative estimate of drug-likeness (QED) is 0.686. The average molecular weight is 254 g/mol. The van der Waals surface area contributed by atoms with Crippen molar-refractivity contribution in [1.82, 2.24) is 10.6 Å². The number of carboxylic acid groups (broad SMARTS) is 1. The lowest BCUT2D eigenvalue weighted by atomic mass is 9.94. The van der Waals surface area contributed by atoms with Gasteiger partial charge in [0.05, 0.1) is 5.92 Å². The Morgan fingerprint density at radius 2 is 1.89 bits per heavy atom. The van der Waals surface area contributed by atoms with E-state index >= 15 is 0 Å². The van der Waals surface area contributed by atoms with Crippen molar-refractivity contribution < 1.29 is 14.7 Å². The van der Waals surface area contributed by atoms with Gasteiger partial charge < -0.3 is 15.7 Å². The van der Waals surface area contributed by atoms with Gasteiger partial charge in [-0.25, -0.2) is 0 Å². The summed E-state index contributed by atoms with van der Waals surface area (Å²) < 4.78 is 0. The first kappa shape index (κ1) is 13.3. The molecule has 1 amide bonds. The van der Waals surface area contributed by atoms with Crippen LogP contribution < -0.4 is 10.6 Å². The number of carboxylic acids is 1. The molecular formula is C13H22N2O3. The molecule has 5 heteroatoms. The van der Waals surface area contributed by atoms with Gasteiger partial charge in [-0.1, -0.05) is 6.42 Å². The van der Waals surface area contributed by atoms with Crippen molar-refractivity contribution in [2.24, 2.45) is 17.8 Å². The summed E-state index contributed by atoms with van der Waals surface area (Å²) >= 11 is 0. The Labute approximate surface area is 107 Å². The minimum Gasteiger partial charge on any atom is -0.481 e. The van der Waals surface area contributed by atoms with Crippen LogP contribution in [0.5, 0.6) is 0 Å². The van der Waals surface area contributed by atoms with Crippen LogP contribution in [0.1, 0.15) is 32.1 Å². The molecule has 0 aromatic heterocycles. The van der Waals surface area contributed by atoms with Crippen LogP contribution in [-0.4, -0.2) is 36.6 Å². The molecule has 2 unspecified atom stereocenters. The molecule has 3 N–H and O–H groups in total. The third kappa shape index (κ3) is 3.22. The highest BCUT2D eigenvalue weighted by Crippen LogP contribution is 2.31. The Morgan fingerprint density at radius 3 is 2.56 bits per heavy atom. The SMILES string of the molecule is O=C(NCC1CCCC1C(=O)O)C1CCNCC1. The lowest BCUT2D eigenvalue weighted by molar-refractivity contribution is -0.143. The first-order valence-electron chi connectivity index (χ1n) is 6.89. The summed E-state index contributed by atoms with van der Waals surface area (Å²) in [4.78, 5) is 23.0. The molecular weight excluding hydrogens is 232 g/mol. The third-order valence-electron chi connectivity index (χ3n) is 4.22. The van der Waals surface area contributed by atoms with Crippen LogP contribution in [0.25, 0.3) is 0 Å². The Morgan fingerprint density at radius 1 is 1.17 bits per heavy atom. The maximum Gasteiger partial charge on any atom is 0.306 e. The molecule has 0 radical (unpaired) electrons. The van der Waals surface area contributed by atoms with Crippen LogP contribution in [0.3, 0.4) is 0 Å². The van der Waals surface area contributed by atoms with E-state index in [4.69, 9.17) is 5.11 Å². The topological polar surface area (TPSA) is 78.4 Å². The van der Waals surface area contributed by atoms with Gasteiger partial charge in [0.25, 0.3) is 0 Å². The van der Waals surface area contributed by atoms with E-state index in [9.17, 15) is 9.59 Å². The van der Waals surface area contributed by atoms with Crippen molar-refractivity contribution in [2.75, 3.05) is 19.6 Å². The molecule has 18 heavy (non-hydrogen) atoms. The number of amides is 1. The van der Waals surface area contributed by atoms with Crippen molar-refractivity contribution in [3.05, 3.63) is 0 Å². The summed E-state index contributed by atoms with van der Waals surface area (Å²) in [6.07, 6.45) is 4.41. The molecule has 5 nitrogen and oxygen atoms in total. The van der Waals surface area contributed by atoms with Crippen molar-refractivity contribution in [1.29, 1.82) is 0 Å². The molecule has 1 aliphatic heterocycles. The number of nitrogens with one attached hydrogen (secondary N) is 2. The average Bonchev–Trinajstić information content (AvgIpc) is 2.85. The van der Waals surface area contributed by atoms with Gasteiger partial charge in [0.15, 0.2) is 0 Å². The van der Waals surface area contributed by atoms with Gasteiger partial charge in [0.2, 0.25) is 5.91 Å². The molecule has 102 valence electrons. The maximum absolute atomic E-state index is 11.9. The van der Waals surface area contributed by atoms with Crippen LogP contribution >= 0.6 is 0 Å². The van der Waals surface area contributed by atoms with Crippen molar-refractivity contribution in [2.45, 2.75) is 32.1 Å². The first-order valence-corrected chi connectivity index (χ1v) is 6.89. The summed E-state index contributed by atoms with van der Waals surface area (Å²) in [7, 11) is 0. The minimum atomic E-state index is -0.714. The Bertz CT molecular complexity index is 313. The van der Waals surface area contributed by atoms with Crippen molar-refractivity contribution >= 4 is 11.9 Å². The zero-order valence-corrected chi connectivity index (χ0v) is 10.7. The fourth-order valence-corrected chi connectivity index (χ4v) is 3.07. The fourth-order valence-electron chi connectivity index (χ4n) is 3.07. The second-order valence-electron chi connectivity index (χ2n) is 5.41. The molecule has 1 aliphatic carbocycles. The summed E-state index contributed by atoms with van der Waals surface area (Å²) in [5.41, 5.74) is 0. The number of aliphatic carboxylic acids is 1. The third-order valence-corrected chi connectivity index (χ3v) is 4.22. The lowest BCUT2D eigenvalue weighted by Crippen LogP contribution is -2.40. The lowest BCUT2D eigenvalue weighted by Gasteiger charge is -2.23. The number of carbonyl (C=O) groups is 2. The van der Waals surface area contributed by atoms with Gasteiger partial charge in [-0.2, -0.15) is 0 Å². The molecule has 2 fully saturated rings. The molecule has 1 saturated carbocycles. The van der Waals surface area contributed by atoms with E-state index in [-0.39, 0.29) is 23.7 Å². The molecule has 0 bridgehead atoms. The predicted molar refractivity (Wildman–Crippen MR) is 67.1 cm³/mol. The summed E-state index contributed by atoms with van der Waals surface area (Å²) in [6, 6.07) is 0. The van der Waals surface area contributed by atoms with Crippen LogP contribution in [-0.2, 0) is 9.59 Å². The van der Waals surface area contributed by atoms with Gasteiger partial charge in [-0.05, 0) is 44.7 Å². The number of rotatable bonds is 4. The molecule has 1 heterocycles.